The molecule has 1 aliphatic heterocycles. The smallest absolute Gasteiger partial charge is 0.216 e. The predicted molar refractivity (Wildman–Crippen MR) is 138 cm³/mol. The Morgan fingerprint density at radius 1 is 0.618 bits per heavy atom. The molecule has 0 radical (unpaired) electrons. The topological polar surface area (TPSA) is 21.6 Å². The maximum absolute atomic E-state index is 6.01. The van der Waals surface area contributed by atoms with E-state index < -0.39 is 0 Å². The first-order valence-electron chi connectivity index (χ1n) is 11.4. The molecule has 0 fully saturated rings. The van der Waals surface area contributed by atoms with Crippen molar-refractivity contribution < 1.29 is 4.74 Å². The van der Waals surface area contributed by atoms with E-state index in [9.17, 15) is 0 Å². The van der Waals surface area contributed by atoms with Gasteiger partial charge in [-0.1, -0.05) is 90.4 Å². The molecule has 0 aliphatic carbocycles. The molecule has 0 amide bonds. The zero-order chi connectivity index (χ0) is 23.0. The lowest BCUT2D eigenvalue weighted by atomic mass is 10.0. The van der Waals surface area contributed by atoms with E-state index in [0.29, 0.717) is 12.5 Å². The lowest BCUT2D eigenvalue weighted by Crippen LogP contribution is -2.09. The highest BCUT2D eigenvalue weighted by Gasteiger charge is 2.21. The van der Waals surface area contributed by atoms with E-state index >= 15 is 0 Å². The maximum atomic E-state index is 6.01. The molecule has 4 aromatic rings. The normalized spacial score (nSPS) is 14.1. The van der Waals surface area contributed by atoms with Gasteiger partial charge in [0.1, 0.15) is 6.61 Å². The molecule has 5 rings (SSSR count). The molecule has 2 nitrogen and oxygen atoms in total. The van der Waals surface area contributed by atoms with E-state index in [1.54, 1.807) is 0 Å². The lowest BCUT2D eigenvalue weighted by Gasteiger charge is -2.04. The summed E-state index contributed by atoms with van der Waals surface area (Å²) in [5, 5.41) is 0. The molecule has 1 aliphatic rings. The SMILES string of the molecule is C(#Cc1cc(C#Cc2ccccc2)cc(C2=N[C@@H](Cc3ccccc3)CO2)c1)c1ccccc1. The van der Waals surface area contributed by atoms with Gasteiger partial charge in [0.05, 0.1) is 6.04 Å². The first-order chi connectivity index (χ1) is 16.8. The zero-order valence-electron chi connectivity index (χ0n) is 18.7. The molecule has 0 saturated carbocycles. The molecule has 0 unspecified atom stereocenters. The van der Waals surface area contributed by atoms with Crippen LogP contribution in [0, 0.1) is 23.7 Å². The van der Waals surface area contributed by atoms with Crippen molar-refractivity contribution >= 4 is 5.90 Å². The van der Waals surface area contributed by atoms with E-state index in [2.05, 4.69) is 47.9 Å². The Bertz CT molecular complexity index is 1340. The molecule has 34 heavy (non-hydrogen) atoms. The van der Waals surface area contributed by atoms with Crippen LogP contribution in [0.2, 0.25) is 0 Å². The van der Waals surface area contributed by atoms with E-state index in [1.165, 1.54) is 5.56 Å². The fourth-order valence-electron chi connectivity index (χ4n) is 3.79. The highest BCUT2D eigenvalue weighted by Crippen LogP contribution is 2.18. The number of aliphatic imine (C=N–C) groups is 1. The molecule has 1 atom stereocenters. The van der Waals surface area contributed by atoms with Crippen molar-refractivity contribution in [3.8, 4) is 23.7 Å². The monoisotopic (exact) mass is 437 g/mol. The molecule has 0 N–H and O–H groups in total. The second kappa shape index (κ2) is 10.4. The summed E-state index contributed by atoms with van der Waals surface area (Å²) in [6, 6.07) is 36.6. The van der Waals surface area contributed by atoms with Crippen molar-refractivity contribution in [2.75, 3.05) is 6.61 Å². The minimum absolute atomic E-state index is 0.107. The Hall–Kier alpha value is -4.53. The predicted octanol–water partition coefficient (Wildman–Crippen LogP) is 5.87. The summed E-state index contributed by atoms with van der Waals surface area (Å²) < 4.78 is 6.01. The van der Waals surface area contributed by atoms with Gasteiger partial charge in [0.25, 0.3) is 0 Å². The number of nitrogens with zero attached hydrogens (tertiary/aromatic N) is 1. The maximum Gasteiger partial charge on any atom is 0.216 e. The summed E-state index contributed by atoms with van der Waals surface area (Å²) in [5.74, 6) is 13.7. The summed E-state index contributed by atoms with van der Waals surface area (Å²) in [4.78, 5) is 4.87. The minimum Gasteiger partial charge on any atom is -0.475 e. The molecule has 1 heterocycles. The standard InChI is InChI=1S/C32H23NO/c1-4-10-25(11-5-1)16-18-28-20-29(19-17-26-12-6-2-7-13-26)22-30(21-28)32-33-31(24-34-32)23-27-14-8-3-9-15-27/h1-15,20-22,31H,23-24H2/t31-/m0/s1. The molecule has 0 spiro atoms. The van der Waals surface area contributed by atoms with Crippen LogP contribution in [-0.4, -0.2) is 18.5 Å². The third-order valence-electron chi connectivity index (χ3n) is 5.46. The molecular formula is C32H23NO. The van der Waals surface area contributed by atoms with E-state index in [-0.39, 0.29) is 6.04 Å². The molecule has 4 aromatic carbocycles. The van der Waals surface area contributed by atoms with Crippen LogP contribution in [0.1, 0.15) is 33.4 Å². The fraction of sp³-hybridized carbons (Fsp3) is 0.0938. The average Bonchev–Trinajstić information content (AvgIpc) is 3.36. The number of ether oxygens (including phenoxy) is 1. The molecule has 2 heteroatoms. The van der Waals surface area contributed by atoms with Gasteiger partial charge < -0.3 is 4.74 Å². The largest absolute Gasteiger partial charge is 0.475 e. The average molecular weight is 438 g/mol. The zero-order valence-corrected chi connectivity index (χ0v) is 18.7. The van der Waals surface area contributed by atoms with Gasteiger partial charge in [-0.25, -0.2) is 4.99 Å². The van der Waals surface area contributed by atoms with Gasteiger partial charge in [-0.15, -0.1) is 0 Å². The van der Waals surface area contributed by atoms with Crippen LogP contribution in [0.25, 0.3) is 0 Å². The summed E-state index contributed by atoms with van der Waals surface area (Å²) in [7, 11) is 0. The Labute approximate surface area is 201 Å². The van der Waals surface area contributed by atoms with Crippen molar-refractivity contribution in [2.45, 2.75) is 12.5 Å². The molecule has 0 saturated heterocycles. The lowest BCUT2D eigenvalue weighted by molar-refractivity contribution is 0.317. The van der Waals surface area contributed by atoms with Crippen molar-refractivity contribution in [1.82, 2.24) is 0 Å². The van der Waals surface area contributed by atoms with Gasteiger partial charge in [0.2, 0.25) is 5.90 Å². The van der Waals surface area contributed by atoms with Crippen LogP contribution < -0.4 is 0 Å². The van der Waals surface area contributed by atoms with Gasteiger partial charge in [-0.05, 0) is 54.4 Å². The molecule has 0 aromatic heterocycles. The highest BCUT2D eigenvalue weighted by atomic mass is 16.5. The van der Waals surface area contributed by atoms with Crippen LogP contribution >= 0.6 is 0 Å². The number of benzene rings is 4. The van der Waals surface area contributed by atoms with Crippen molar-refractivity contribution in [3.05, 3.63) is 143 Å². The van der Waals surface area contributed by atoms with E-state index in [0.717, 1.165) is 34.2 Å². The third-order valence-corrected chi connectivity index (χ3v) is 5.46. The van der Waals surface area contributed by atoms with Crippen LogP contribution in [0.15, 0.2) is 114 Å². The van der Waals surface area contributed by atoms with Crippen molar-refractivity contribution in [1.29, 1.82) is 0 Å². The van der Waals surface area contributed by atoms with Crippen LogP contribution in [-0.2, 0) is 11.2 Å². The van der Waals surface area contributed by atoms with Gasteiger partial charge in [0.15, 0.2) is 0 Å². The van der Waals surface area contributed by atoms with Crippen LogP contribution in [0.3, 0.4) is 0 Å². The molecule has 162 valence electrons. The second-order valence-corrected chi connectivity index (χ2v) is 8.12. The first kappa shape index (κ1) is 21.3. The number of rotatable bonds is 3. The van der Waals surface area contributed by atoms with Gasteiger partial charge in [-0.2, -0.15) is 0 Å². The Morgan fingerprint density at radius 3 is 1.68 bits per heavy atom. The van der Waals surface area contributed by atoms with E-state index in [1.807, 2.05) is 84.9 Å². The minimum atomic E-state index is 0.107. The Kier molecular flexibility index (Phi) is 6.52. The number of hydrogen-bond acceptors (Lipinski definition) is 2. The third kappa shape index (κ3) is 5.63. The first-order valence-corrected chi connectivity index (χ1v) is 11.4. The van der Waals surface area contributed by atoms with Crippen molar-refractivity contribution in [2.24, 2.45) is 4.99 Å². The molecular weight excluding hydrogens is 414 g/mol. The van der Waals surface area contributed by atoms with Gasteiger partial charge in [0, 0.05) is 27.8 Å². The fourth-order valence-corrected chi connectivity index (χ4v) is 3.79. The summed E-state index contributed by atoms with van der Waals surface area (Å²) in [6.07, 6.45) is 0.860. The van der Waals surface area contributed by atoms with Gasteiger partial charge in [-0.3, -0.25) is 0 Å². The summed E-state index contributed by atoms with van der Waals surface area (Å²) in [5.41, 5.74) is 5.89. The quantitative estimate of drug-likeness (QED) is 0.367. The Balaban J connectivity index is 1.47. The van der Waals surface area contributed by atoms with E-state index in [4.69, 9.17) is 9.73 Å². The second-order valence-electron chi connectivity index (χ2n) is 8.12. The number of hydrogen-bond donors (Lipinski definition) is 0. The summed E-state index contributed by atoms with van der Waals surface area (Å²) in [6.45, 7) is 0.579. The van der Waals surface area contributed by atoms with Crippen LogP contribution in [0.4, 0.5) is 0 Å². The van der Waals surface area contributed by atoms with Crippen molar-refractivity contribution in [3.63, 3.8) is 0 Å². The Morgan fingerprint density at radius 2 is 1.12 bits per heavy atom. The summed E-state index contributed by atoms with van der Waals surface area (Å²) >= 11 is 0. The van der Waals surface area contributed by atoms with Crippen LogP contribution in [0.5, 0.6) is 0 Å². The van der Waals surface area contributed by atoms with Gasteiger partial charge >= 0.3 is 0 Å². The molecule has 0 bridgehead atoms. The highest BCUT2D eigenvalue weighted by molar-refractivity contribution is 5.96.